The van der Waals surface area contributed by atoms with Crippen LogP contribution in [0, 0.1) is 0 Å². The van der Waals surface area contributed by atoms with Crippen molar-refractivity contribution in [3.8, 4) is 5.75 Å². The van der Waals surface area contributed by atoms with Gasteiger partial charge < -0.3 is 4.74 Å². The molecule has 0 bridgehead atoms. The number of rotatable bonds is 4. The van der Waals surface area contributed by atoms with Crippen LogP contribution in [0.2, 0.25) is 0 Å². The van der Waals surface area contributed by atoms with Crippen molar-refractivity contribution in [3.63, 3.8) is 0 Å². The number of hydrazone groups is 1. The summed E-state index contributed by atoms with van der Waals surface area (Å²) < 4.78 is 5.19. The van der Waals surface area contributed by atoms with Gasteiger partial charge in [-0.2, -0.15) is 5.10 Å². The Bertz CT molecular complexity index is 535. The highest BCUT2D eigenvalue weighted by Crippen LogP contribution is 2.13. The van der Waals surface area contributed by atoms with E-state index in [1.54, 1.807) is 7.11 Å². The van der Waals surface area contributed by atoms with Gasteiger partial charge in [0, 0.05) is 5.56 Å². The first kappa shape index (κ1) is 12.2. The van der Waals surface area contributed by atoms with Crippen LogP contribution in [0.4, 0.5) is 5.69 Å². The van der Waals surface area contributed by atoms with Crippen molar-refractivity contribution in [2.24, 2.45) is 5.10 Å². The van der Waals surface area contributed by atoms with E-state index in [0.717, 1.165) is 22.7 Å². The topological polar surface area (TPSA) is 33.6 Å². The quantitative estimate of drug-likeness (QED) is 0.655. The largest absolute Gasteiger partial charge is 0.497 e. The fourth-order valence-electron chi connectivity index (χ4n) is 1.57. The molecule has 2 aromatic rings. The van der Waals surface area contributed by atoms with Crippen molar-refractivity contribution >= 4 is 11.4 Å². The lowest BCUT2D eigenvalue weighted by molar-refractivity contribution is 0.414. The summed E-state index contributed by atoms with van der Waals surface area (Å²) in [5.41, 5.74) is 5.95. The summed E-state index contributed by atoms with van der Waals surface area (Å²) >= 11 is 0. The Labute approximate surface area is 107 Å². The van der Waals surface area contributed by atoms with E-state index < -0.39 is 0 Å². The average Bonchev–Trinajstić information content (AvgIpc) is 2.46. The molecule has 2 aromatic carbocycles. The number of nitrogens with zero attached hydrogens (tertiary/aromatic N) is 1. The number of benzene rings is 2. The molecule has 0 atom stereocenters. The summed E-state index contributed by atoms with van der Waals surface area (Å²) in [5.74, 6) is 0.835. The molecule has 3 heteroatoms. The second kappa shape index (κ2) is 5.87. The third kappa shape index (κ3) is 3.10. The molecule has 0 aliphatic heterocycles. The second-order valence-electron chi connectivity index (χ2n) is 3.91. The molecule has 3 nitrogen and oxygen atoms in total. The van der Waals surface area contributed by atoms with Crippen LogP contribution >= 0.6 is 0 Å². The predicted octanol–water partition coefficient (Wildman–Crippen LogP) is 3.53. The first-order valence-corrected chi connectivity index (χ1v) is 5.79. The Balaban J connectivity index is 2.12. The minimum Gasteiger partial charge on any atom is -0.497 e. The van der Waals surface area contributed by atoms with Crippen molar-refractivity contribution in [2.75, 3.05) is 12.5 Å². The van der Waals surface area contributed by atoms with Crippen molar-refractivity contribution < 1.29 is 4.74 Å². The number of para-hydroxylation sites is 1. The molecule has 0 radical (unpaired) electrons. The molecule has 18 heavy (non-hydrogen) atoms. The SMILES string of the molecule is COc1cccc(C(C)=NNc2ccccc2)c1. The van der Waals surface area contributed by atoms with Crippen LogP contribution in [0.25, 0.3) is 0 Å². The first-order valence-electron chi connectivity index (χ1n) is 5.79. The maximum atomic E-state index is 5.19. The maximum absolute atomic E-state index is 5.19. The molecule has 0 unspecified atom stereocenters. The zero-order valence-corrected chi connectivity index (χ0v) is 10.6. The summed E-state index contributed by atoms with van der Waals surface area (Å²) in [5, 5.41) is 4.35. The normalized spacial score (nSPS) is 11.1. The highest BCUT2D eigenvalue weighted by Gasteiger charge is 1.99. The number of hydrogen-bond donors (Lipinski definition) is 1. The third-order valence-corrected chi connectivity index (χ3v) is 2.61. The van der Waals surface area contributed by atoms with E-state index in [9.17, 15) is 0 Å². The van der Waals surface area contributed by atoms with E-state index in [1.165, 1.54) is 0 Å². The number of nitrogens with one attached hydrogen (secondary N) is 1. The molecule has 0 aromatic heterocycles. The van der Waals surface area contributed by atoms with E-state index in [0.29, 0.717) is 0 Å². The van der Waals surface area contributed by atoms with Gasteiger partial charge in [0.15, 0.2) is 0 Å². The maximum Gasteiger partial charge on any atom is 0.119 e. The molecule has 0 saturated heterocycles. The molecule has 0 heterocycles. The van der Waals surface area contributed by atoms with Crippen molar-refractivity contribution in [1.29, 1.82) is 0 Å². The van der Waals surface area contributed by atoms with Gasteiger partial charge in [-0.15, -0.1) is 0 Å². The molecule has 0 aliphatic carbocycles. The summed E-state index contributed by atoms with van der Waals surface area (Å²) in [6, 6.07) is 17.7. The van der Waals surface area contributed by atoms with Crippen LogP contribution in [-0.4, -0.2) is 12.8 Å². The van der Waals surface area contributed by atoms with Gasteiger partial charge in [0.2, 0.25) is 0 Å². The van der Waals surface area contributed by atoms with Gasteiger partial charge >= 0.3 is 0 Å². The number of methoxy groups -OCH3 is 1. The molecule has 0 saturated carbocycles. The number of hydrogen-bond acceptors (Lipinski definition) is 3. The smallest absolute Gasteiger partial charge is 0.119 e. The number of ether oxygens (including phenoxy) is 1. The van der Waals surface area contributed by atoms with Crippen LogP contribution in [0.1, 0.15) is 12.5 Å². The van der Waals surface area contributed by atoms with Crippen molar-refractivity contribution in [1.82, 2.24) is 0 Å². The van der Waals surface area contributed by atoms with Gasteiger partial charge in [-0.05, 0) is 31.2 Å². The number of anilines is 1. The summed E-state index contributed by atoms with van der Waals surface area (Å²) in [6.45, 7) is 1.96. The van der Waals surface area contributed by atoms with Crippen LogP contribution in [-0.2, 0) is 0 Å². The first-order chi connectivity index (χ1) is 8.79. The Kier molecular flexibility index (Phi) is 3.97. The highest BCUT2D eigenvalue weighted by atomic mass is 16.5. The van der Waals surface area contributed by atoms with Crippen LogP contribution < -0.4 is 10.2 Å². The third-order valence-electron chi connectivity index (χ3n) is 2.61. The van der Waals surface area contributed by atoms with Gasteiger partial charge in [0.1, 0.15) is 5.75 Å². The van der Waals surface area contributed by atoms with E-state index in [4.69, 9.17) is 4.74 Å². The van der Waals surface area contributed by atoms with Gasteiger partial charge in [-0.1, -0.05) is 30.3 Å². The molecule has 2 rings (SSSR count). The van der Waals surface area contributed by atoms with E-state index >= 15 is 0 Å². The lowest BCUT2D eigenvalue weighted by Gasteiger charge is -2.05. The zero-order chi connectivity index (χ0) is 12.8. The van der Waals surface area contributed by atoms with Crippen molar-refractivity contribution in [2.45, 2.75) is 6.92 Å². The van der Waals surface area contributed by atoms with Gasteiger partial charge in [-0.25, -0.2) is 0 Å². The lowest BCUT2D eigenvalue weighted by Crippen LogP contribution is -1.99. The van der Waals surface area contributed by atoms with Crippen LogP contribution in [0.5, 0.6) is 5.75 Å². The van der Waals surface area contributed by atoms with E-state index in [1.807, 2.05) is 61.5 Å². The van der Waals surface area contributed by atoms with Crippen LogP contribution in [0.15, 0.2) is 59.7 Å². The van der Waals surface area contributed by atoms with Crippen molar-refractivity contribution in [3.05, 3.63) is 60.2 Å². The molecular weight excluding hydrogens is 224 g/mol. The summed E-state index contributed by atoms with van der Waals surface area (Å²) in [7, 11) is 1.66. The minimum absolute atomic E-state index is 0.835. The molecule has 1 N–H and O–H groups in total. The standard InChI is InChI=1S/C15H16N2O/c1-12(13-7-6-10-15(11-13)18-2)16-17-14-8-4-3-5-9-14/h3-11,17H,1-2H3. The Hall–Kier alpha value is -2.29. The predicted molar refractivity (Wildman–Crippen MR) is 75.3 cm³/mol. The monoisotopic (exact) mass is 240 g/mol. The van der Waals surface area contributed by atoms with Gasteiger partial charge in [-0.3, -0.25) is 5.43 Å². The molecule has 92 valence electrons. The fourth-order valence-corrected chi connectivity index (χ4v) is 1.57. The molecule has 0 amide bonds. The Morgan fingerprint density at radius 3 is 2.56 bits per heavy atom. The van der Waals surface area contributed by atoms with Gasteiger partial charge in [0.25, 0.3) is 0 Å². The van der Waals surface area contributed by atoms with Gasteiger partial charge in [0.05, 0.1) is 18.5 Å². The second-order valence-corrected chi connectivity index (χ2v) is 3.91. The minimum atomic E-state index is 0.835. The zero-order valence-electron chi connectivity index (χ0n) is 10.6. The fraction of sp³-hybridized carbons (Fsp3) is 0.133. The summed E-state index contributed by atoms with van der Waals surface area (Å²) in [6.07, 6.45) is 0. The molecule has 0 aliphatic rings. The Morgan fingerprint density at radius 2 is 1.83 bits per heavy atom. The van der Waals surface area contributed by atoms with Crippen LogP contribution in [0.3, 0.4) is 0 Å². The average molecular weight is 240 g/mol. The molecular formula is C15H16N2O. The lowest BCUT2D eigenvalue weighted by atomic mass is 10.1. The molecule has 0 spiro atoms. The van der Waals surface area contributed by atoms with E-state index in [2.05, 4.69) is 10.5 Å². The highest BCUT2D eigenvalue weighted by molar-refractivity contribution is 5.99. The Morgan fingerprint density at radius 1 is 1.06 bits per heavy atom. The molecule has 0 fully saturated rings. The van der Waals surface area contributed by atoms with E-state index in [-0.39, 0.29) is 0 Å². The summed E-state index contributed by atoms with van der Waals surface area (Å²) in [4.78, 5) is 0.